The van der Waals surface area contributed by atoms with E-state index in [0.29, 0.717) is 296 Å². The van der Waals surface area contributed by atoms with E-state index in [9.17, 15) is 5.11 Å². The zero-order chi connectivity index (χ0) is 71.7. The lowest BCUT2D eigenvalue weighted by atomic mass is 9.55. The van der Waals surface area contributed by atoms with Crippen molar-refractivity contribution >= 4 is 17.1 Å². The first-order chi connectivity index (χ1) is 49.7. The van der Waals surface area contributed by atoms with Gasteiger partial charge in [-0.3, -0.25) is 0 Å². The van der Waals surface area contributed by atoms with Gasteiger partial charge in [0.15, 0.2) is 0 Å². The molecule has 1 N–H and O–H groups in total. The molecule has 0 saturated carbocycles. The molecule has 0 saturated heterocycles. The van der Waals surface area contributed by atoms with Gasteiger partial charge in [0.25, 0.3) is 0 Å². The first kappa shape index (κ1) is 86.4. The largest absolute Gasteiger partial charge is 0.394 e. The summed E-state index contributed by atoms with van der Waals surface area (Å²) in [6, 6.07) is 14.5. The van der Waals surface area contributed by atoms with E-state index in [-0.39, 0.29) is 13.2 Å². The maximum Gasteiger partial charge on any atom is 0.0701 e. The van der Waals surface area contributed by atoms with Gasteiger partial charge in [0, 0.05) is 84.8 Å². The highest BCUT2D eigenvalue weighted by molar-refractivity contribution is 5.99. The highest BCUT2D eigenvalue weighted by Crippen LogP contribution is 2.69. The topological polar surface area (TPSA) is 236 Å². The van der Waals surface area contributed by atoms with Crippen molar-refractivity contribution in [3.05, 3.63) is 86.5 Å². The maximum absolute atomic E-state index is 9.36. The van der Waals surface area contributed by atoms with Crippen LogP contribution in [-0.2, 0) is 125 Å². The lowest BCUT2D eigenvalue weighted by Crippen LogP contribution is -2.50. The highest BCUT2D eigenvalue weighted by Gasteiger charge is 2.57. The number of ether oxygens (including phenoxy) is 23. The molecule has 101 heavy (non-hydrogen) atoms. The standard InChI is InChI=1S/C76H125NO24/c1-62-55-65-71-66(56-62)75(11-17-86-33-39-97-50-45-92-28-23-81-6,12-18-87-34-40-98-51-46-93-29-24-82-7)68-58-64(3)60-70-73(68)77(71)72-67(74(65,9-15-84-31-37-95-48-43-90-26-21-79-4)10-16-85-32-38-96-49-44-91-27-22-80-5)57-63(2)59-69(72)76(70,61-101-54-53-100-42-36-89-20-14-78)13-19-88-35-41-99-52-47-94-30-25-83-8/h55-60,78H,9-54,61H2,1-8H3. The normalized spacial score (nSPS) is 14.4. The summed E-state index contributed by atoms with van der Waals surface area (Å²) in [5, 5.41) is 9.36. The molecule has 0 atom stereocenters. The second-order valence-electron chi connectivity index (χ2n) is 25.1. The summed E-state index contributed by atoms with van der Waals surface area (Å²) >= 11 is 0. The van der Waals surface area contributed by atoms with Crippen LogP contribution in [0.2, 0.25) is 0 Å². The van der Waals surface area contributed by atoms with E-state index in [1.807, 2.05) is 0 Å². The van der Waals surface area contributed by atoms with Crippen molar-refractivity contribution in [3.63, 3.8) is 0 Å². The number of methoxy groups -OCH3 is 5. The number of aliphatic hydroxyl groups is 1. The van der Waals surface area contributed by atoms with E-state index in [1.54, 1.807) is 35.5 Å². The predicted molar refractivity (Wildman–Crippen MR) is 382 cm³/mol. The highest BCUT2D eigenvalue weighted by atomic mass is 16.6. The monoisotopic (exact) mass is 1440 g/mol. The molecule has 0 fully saturated rings. The van der Waals surface area contributed by atoms with Crippen molar-refractivity contribution in [2.75, 3.05) is 318 Å². The second kappa shape index (κ2) is 52.5. The Morgan fingerprint density at radius 1 is 0.228 bits per heavy atom. The van der Waals surface area contributed by atoms with Crippen LogP contribution >= 0.6 is 0 Å². The molecule has 6 rings (SSSR count). The zero-order valence-corrected chi connectivity index (χ0v) is 62.5. The molecule has 0 aromatic heterocycles. The number of nitrogens with zero attached hydrogens (tertiary/aromatic N) is 1. The van der Waals surface area contributed by atoms with E-state index in [1.165, 1.54) is 22.3 Å². The fraction of sp³-hybridized carbons (Fsp3) is 0.763. The van der Waals surface area contributed by atoms with Crippen LogP contribution in [0.25, 0.3) is 0 Å². The summed E-state index contributed by atoms with van der Waals surface area (Å²) in [6.07, 6.45) is 3.05. The molecular formula is C76H125NO24. The number of aryl methyl sites for hydroxylation is 3. The minimum Gasteiger partial charge on any atom is -0.394 e. The van der Waals surface area contributed by atoms with Crippen molar-refractivity contribution in [1.29, 1.82) is 0 Å². The van der Waals surface area contributed by atoms with E-state index in [4.69, 9.17) is 109 Å². The van der Waals surface area contributed by atoms with Crippen LogP contribution in [0, 0.1) is 20.8 Å². The van der Waals surface area contributed by atoms with Gasteiger partial charge in [-0.15, -0.1) is 0 Å². The SMILES string of the molecule is COCCOCCOCCOCCC1(CCOCCOCCOCCOC)c2cc(C)cc3c2N2c4c1cc(C)cc4C(CCOCCOCCOCCOC)(COCCOCCOCCO)c1cc(C)cc(c12)C3(CCOCCOCCOCCOC)CCOCCOCCOCCOC. The van der Waals surface area contributed by atoms with Gasteiger partial charge < -0.3 is 119 Å². The molecule has 3 aromatic carbocycles. The number of hydrogen-bond acceptors (Lipinski definition) is 25. The average Bonchev–Trinajstić information content (AvgIpc) is 0.658. The second-order valence-corrected chi connectivity index (χ2v) is 25.1. The fourth-order valence-corrected chi connectivity index (χ4v) is 13.2. The Bertz CT molecular complexity index is 2420. The third-order valence-corrected chi connectivity index (χ3v) is 18.1. The molecule has 0 radical (unpaired) electrons. The quantitative estimate of drug-likeness (QED) is 0.0544. The summed E-state index contributed by atoms with van der Waals surface area (Å²) < 4.78 is 137. The minimum absolute atomic E-state index is 0.0526. The molecule has 0 spiro atoms. The number of rotatable bonds is 70. The summed E-state index contributed by atoms with van der Waals surface area (Å²) in [7, 11) is 8.31. The van der Waals surface area contributed by atoms with E-state index in [2.05, 4.69) is 62.1 Å². The Labute approximate surface area is 602 Å². The smallest absolute Gasteiger partial charge is 0.0701 e. The van der Waals surface area contributed by atoms with Gasteiger partial charge in [-0.25, -0.2) is 0 Å². The molecule has 3 aliphatic heterocycles. The summed E-state index contributed by atoms with van der Waals surface area (Å²) in [5.74, 6) is 0. The Hall–Kier alpha value is -3.50. The molecule has 0 unspecified atom stereocenters. The number of benzene rings is 3. The summed E-state index contributed by atoms with van der Waals surface area (Å²) in [6.45, 7) is 24.4. The molecule has 25 heteroatoms. The third-order valence-electron chi connectivity index (χ3n) is 18.1. The Kier molecular flexibility index (Phi) is 44.9. The van der Waals surface area contributed by atoms with E-state index >= 15 is 0 Å². The van der Waals surface area contributed by atoms with Gasteiger partial charge >= 0.3 is 0 Å². The van der Waals surface area contributed by atoms with Gasteiger partial charge in [0.2, 0.25) is 0 Å². The van der Waals surface area contributed by atoms with Crippen LogP contribution in [0.3, 0.4) is 0 Å². The molecule has 25 nitrogen and oxygen atoms in total. The number of anilines is 3. The average molecular weight is 1440 g/mol. The van der Waals surface area contributed by atoms with E-state index < -0.39 is 16.2 Å². The van der Waals surface area contributed by atoms with Crippen LogP contribution in [0.15, 0.2) is 36.4 Å². The van der Waals surface area contributed by atoms with Gasteiger partial charge in [-0.2, -0.15) is 0 Å². The molecule has 3 heterocycles. The zero-order valence-electron chi connectivity index (χ0n) is 62.5. The molecule has 3 aliphatic rings. The minimum atomic E-state index is -0.787. The summed E-state index contributed by atoms with van der Waals surface area (Å²) in [5.41, 5.74) is 11.7. The van der Waals surface area contributed by atoms with Crippen LogP contribution in [0.1, 0.15) is 82.2 Å². The van der Waals surface area contributed by atoms with Crippen LogP contribution in [0.5, 0.6) is 0 Å². The summed E-state index contributed by atoms with van der Waals surface area (Å²) in [4.78, 5) is 2.62. The maximum atomic E-state index is 9.36. The van der Waals surface area contributed by atoms with Gasteiger partial charge in [0.1, 0.15) is 0 Å². The fourth-order valence-electron chi connectivity index (χ4n) is 13.2. The van der Waals surface area contributed by atoms with Crippen molar-refractivity contribution in [2.24, 2.45) is 0 Å². The number of aliphatic hydroxyl groups excluding tert-OH is 1. The first-order valence-corrected chi connectivity index (χ1v) is 36.4. The van der Waals surface area contributed by atoms with Crippen molar-refractivity contribution in [1.82, 2.24) is 0 Å². The molecule has 0 aliphatic carbocycles. The molecular weight excluding hydrogens is 1310 g/mol. The van der Waals surface area contributed by atoms with Crippen LogP contribution in [0.4, 0.5) is 17.1 Å². The predicted octanol–water partition coefficient (Wildman–Crippen LogP) is 7.35. The number of hydrogen-bond donors (Lipinski definition) is 1. The van der Waals surface area contributed by atoms with E-state index in [0.717, 1.165) is 44.9 Å². The Morgan fingerprint density at radius 2 is 0.396 bits per heavy atom. The lowest BCUT2D eigenvalue weighted by Gasteiger charge is -2.58. The third kappa shape index (κ3) is 28.3. The molecule has 0 amide bonds. The molecule has 0 bridgehead atoms. The van der Waals surface area contributed by atoms with Crippen molar-refractivity contribution in [3.8, 4) is 0 Å². The van der Waals surface area contributed by atoms with Gasteiger partial charge in [-0.05, 0) is 86.3 Å². The van der Waals surface area contributed by atoms with Gasteiger partial charge in [0.05, 0.1) is 262 Å². The van der Waals surface area contributed by atoms with Crippen molar-refractivity contribution < 1.29 is 114 Å². The Balaban J connectivity index is 1.51. The first-order valence-electron chi connectivity index (χ1n) is 36.4. The van der Waals surface area contributed by atoms with Gasteiger partial charge in [-0.1, -0.05) is 53.1 Å². The molecule has 3 aromatic rings. The van der Waals surface area contributed by atoms with Crippen molar-refractivity contribution in [2.45, 2.75) is 69.1 Å². The molecule has 578 valence electrons. The van der Waals surface area contributed by atoms with Crippen LogP contribution < -0.4 is 4.90 Å². The lowest BCUT2D eigenvalue weighted by molar-refractivity contribution is -0.00834. The van der Waals surface area contributed by atoms with Crippen LogP contribution in [-0.4, -0.2) is 318 Å². The Morgan fingerprint density at radius 3 is 0.604 bits per heavy atom.